The second-order valence-electron chi connectivity index (χ2n) is 15.7. The van der Waals surface area contributed by atoms with Crippen molar-refractivity contribution in [2.75, 3.05) is 0 Å². The molecule has 0 aliphatic rings. The third-order valence-corrected chi connectivity index (χ3v) is 9.31. The number of carboxylic acids is 3. The van der Waals surface area contributed by atoms with E-state index in [1.807, 2.05) is 0 Å². The molecule has 8 amide bonds. The van der Waals surface area contributed by atoms with Gasteiger partial charge in [0, 0.05) is 19.3 Å². The van der Waals surface area contributed by atoms with Gasteiger partial charge in [0.1, 0.15) is 42.3 Å². The molecular weight excluding hydrogens is 830 g/mol. The highest BCUT2D eigenvalue weighted by Gasteiger charge is 2.34. The zero-order valence-electron chi connectivity index (χ0n) is 36.1. The van der Waals surface area contributed by atoms with E-state index < -0.39 is 145 Å². The molecule has 8 unspecified atom stereocenters. The summed E-state index contributed by atoms with van der Waals surface area (Å²) in [6.07, 6.45) is -2.48. The lowest BCUT2D eigenvalue weighted by Crippen LogP contribution is -2.60. The van der Waals surface area contributed by atoms with Crippen LogP contribution in [0.2, 0.25) is 0 Å². The summed E-state index contributed by atoms with van der Waals surface area (Å²) in [6.45, 7) is 9.07. The number of carbonyl (C=O) groups excluding carboxylic acids is 8. The molecule has 0 heterocycles. The first-order chi connectivity index (χ1) is 29.3. The smallest absolute Gasteiger partial charge is 0.326 e. The van der Waals surface area contributed by atoms with E-state index in [-0.39, 0.29) is 25.2 Å². The number of amides is 8. The third-order valence-electron chi connectivity index (χ3n) is 9.31. The van der Waals surface area contributed by atoms with Crippen molar-refractivity contribution < 1.29 is 68.1 Å². The molecule has 14 N–H and O–H groups in total. The SMILES string of the molecule is CC(C)CC(NC(=O)C(CC(N)=O)NC(=O)C(NC(=O)C(N)CCC(=O)O)C(C)C)C(=O)NC(C)C(=O)NC(C)C(=O)NC(CCC(=O)O)C(=O)NC(Cc1ccccc1)C(=O)O. The second kappa shape index (κ2) is 26.6. The van der Waals surface area contributed by atoms with E-state index in [9.17, 15) is 63.0 Å². The molecular formula is C40H61N9O14. The van der Waals surface area contributed by atoms with Crippen molar-refractivity contribution in [2.24, 2.45) is 23.3 Å². The number of primary amides is 1. The maximum atomic E-state index is 13.5. The summed E-state index contributed by atoms with van der Waals surface area (Å²) in [5.41, 5.74) is 11.7. The van der Waals surface area contributed by atoms with Gasteiger partial charge in [-0.2, -0.15) is 0 Å². The summed E-state index contributed by atoms with van der Waals surface area (Å²) in [5, 5.41) is 44.5. The van der Waals surface area contributed by atoms with Crippen molar-refractivity contribution in [3.05, 3.63) is 35.9 Å². The Morgan fingerprint density at radius 1 is 0.540 bits per heavy atom. The van der Waals surface area contributed by atoms with Crippen molar-refractivity contribution in [2.45, 2.75) is 135 Å². The molecule has 1 aromatic carbocycles. The van der Waals surface area contributed by atoms with E-state index >= 15 is 0 Å². The average molecular weight is 892 g/mol. The maximum absolute atomic E-state index is 13.5. The molecule has 0 aliphatic carbocycles. The van der Waals surface area contributed by atoms with Gasteiger partial charge in [0.05, 0.1) is 12.5 Å². The van der Waals surface area contributed by atoms with Crippen LogP contribution in [-0.2, 0) is 59.2 Å². The van der Waals surface area contributed by atoms with Crippen LogP contribution in [0.3, 0.4) is 0 Å². The molecule has 63 heavy (non-hydrogen) atoms. The third kappa shape index (κ3) is 20.6. The van der Waals surface area contributed by atoms with Crippen molar-refractivity contribution in [3.63, 3.8) is 0 Å². The molecule has 0 aliphatic heterocycles. The van der Waals surface area contributed by atoms with E-state index in [0.29, 0.717) is 5.56 Å². The fourth-order valence-corrected chi connectivity index (χ4v) is 5.79. The van der Waals surface area contributed by atoms with Crippen molar-refractivity contribution in [3.8, 4) is 0 Å². The number of aliphatic carboxylic acids is 3. The Morgan fingerprint density at radius 3 is 1.51 bits per heavy atom. The van der Waals surface area contributed by atoms with Gasteiger partial charge < -0.3 is 64.0 Å². The van der Waals surface area contributed by atoms with Gasteiger partial charge in [0.25, 0.3) is 0 Å². The van der Waals surface area contributed by atoms with Crippen LogP contribution in [0.25, 0.3) is 0 Å². The molecule has 0 fully saturated rings. The topological polar surface area (TPSA) is 385 Å². The molecule has 350 valence electrons. The van der Waals surface area contributed by atoms with Crippen LogP contribution in [-0.4, -0.2) is 129 Å². The minimum atomic E-state index is -1.64. The number of hydrogen-bond acceptors (Lipinski definition) is 12. The van der Waals surface area contributed by atoms with Crippen LogP contribution in [0.1, 0.15) is 85.6 Å². The van der Waals surface area contributed by atoms with E-state index in [0.717, 1.165) is 0 Å². The number of carboxylic acid groups (broad SMARTS) is 3. The molecule has 0 saturated carbocycles. The predicted octanol–water partition coefficient (Wildman–Crippen LogP) is -2.62. The quantitative estimate of drug-likeness (QED) is 0.0410. The summed E-state index contributed by atoms with van der Waals surface area (Å²) in [6, 6.07) is -2.87. The van der Waals surface area contributed by atoms with E-state index in [1.165, 1.54) is 13.8 Å². The number of nitrogens with one attached hydrogen (secondary N) is 7. The van der Waals surface area contributed by atoms with Crippen LogP contribution < -0.4 is 48.7 Å². The van der Waals surface area contributed by atoms with E-state index in [4.69, 9.17) is 16.6 Å². The van der Waals surface area contributed by atoms with Crippen molar-refractivity contribution >= 4 is 65.2 Å². The summed E-state index contributed by atoms with van der Waals surface area (Å²) < 4.78 is 0. The zero-order chi connectivity index (χ0) is 48.1. The Hall–Kier alpha value is -6.65. The highest BCUT2D eigenvalue weighted by atomic mass is 16.4. The van der Waals surface area contributed by atoms with Gasteiger partial charge in [-0.05, 0) is 50.5 Å². The zero-order valence-corrected chi connectivity index (χ0v) is 36.1. The molecule has 0 radical (unpaired) electrons. The molecule has 1 rings (SSSR count). The van der Waals surface area contributed by atoms with E-state index in [2.05, 4.69) is 37.2 Å². The predicted molar refractivity (Wildman–Crippen MR) is 222 cm³/mol. The van der Waals surface area contributed by atoms with Gasteiger partial charge in [0.2, 0.25) is 47.3 Å². The van der Waals surface area contributed by atoms with Crippen LogP contribution in [0, 0.1) is 11.8 Å². The lowest BCUT2D eigenvalue weighted by molar-refractivity contribution is -0.143. The number of hydrogen-bond donors (Lipinski definition) is 12. The first-order valence-electron chi connectivity index (χ1n) is 20.2. The first-order valence-corrected chi connectivity index (χ1v) is 20.2. The van der Waals surface area contributed by atoms with Gasteiger partial charge >= 0.3 is 17.9 Å². The molecule has 23 heteroatoms. The summed E-state index contributed by atoms with van der Waals surface area (Å²) >= 11 is 0. The molecule has 0 bridgehead atoms. The summed E-state index contributed by atoms with van der Waals surface area (Å²) in [5.74, 6) is -12.2. The van der Waals surface area contributed by atoms with Crippen LogP contribution in [0.5, 0.6) is 0 Å². The Balaban J connectivity index is 3.07. The molecule has 8 atom stereocenters. The number of nitrogens with two attached hydrogens (primary N) is 2. The fraction of sp³-hybridized carbons (Fsp3) is 0.575. The van der Waals surface area contributed by atoms with Gasteiger partial charge in [0.15, 0.2) is 0 Å². The first kappa shape index (κ1) is 54.4. The lowest BCUT2D eigenvalue weighted by atomic mass is 10.0. The van der Waals surface area contributed by atoms with Crippen molar-refractivity contribution in [1.29, 1.82) is 0 Å². The highest BCUT2D eigenvalue weighted by molar-refractivity contribution is 5.98. The van der Waals surface area contributed by atoms with Crippen LogP contribution in [0.15, 0.2) is 30.3 Å². The van der Waals surface area contributed by atoms with Gasteiger partial charge in [-0.25, -0.2) is 4.79 Å². The number of carbonyl (C=O) groups is 11. The highest BCUT2D eigenvalue weighted by Crippen LogP contribution is 2.10. The molecule has 1 aromatic rings. The maximum Gasteiger partial charge on any atom is 0.326 e. The number of rotatable bonds is 28. The Bertz CT molecular complexity index is 1810. The van der Waals surface area contributed by atoms with Gasteiger partial charge in [-0.1, -0.05) is 58.0 Å². The fourth-order valence-electron chi connectivity index (χ4n) is 5.79. The largest absolute Gasteiger partial charge is 0.481 e. The molecule has 0 saturated heterocycles. The minimum Gasteiger partial charge on any atom is -0.481 e. The molecule has 23 nitrogen and oxygen atoms in total. The Kier molecular flexibility index (Phi) is 23.0. The molecule has 0 aromatic heterocycles. The molecule has 0 spiro atoms. The summed E-state index contributed by atoms with van der Waals surface area (Å²) in [7, 11) is 0. The standard InChI is InChI=1S/C40H61N9O14/c1-19(2)16-26(46-38(60)27(18-29(42)50)47-39(61)32(20(3)4)49-35(57)24(41)12-14-30(51)52)37(59)44-21(5)33(55)43-22(6)34(56)45-25(13-15-31(53)54)36(58)48-28(40(62)63)17-23-10-8-7-9-11-23/h7-11,19-22,24-28,32H,12-18,41H2,1-6H3,(H2,42,50)(H,43,55)(H,44,59)(H,45,56)(H,46,60)(H,47,61)(H,48,58)(H,49,57)(H,51,52)(H,53,54)(H,62,63). The summed E-state index contributed by atoms with van der Waals surface area (Å²) in [4.78, 5) is 139. The van der Waals surface area contributed by atoms with Gasteiger partial charge in [-0.15, -0.1) is 0 Å². The monoisotopic (exact) mass is 891 g/mol. The lowest BCUT2D eigenvalue weighted by Gasteiger charge is -2.28. The Morgan fingerprint density at radius 2 is 1.00 bits per heavy atom. The van der Waals surface area contributed by atoms with Crippen LogP contribution in [0.4, 0.5) is 0 Å². The van der Waals surface area contributed by atoms with Crippen molar-refractivity contribution in [1.82, 2.24) is 37.2 Å². The number of benzene rings is 1. The average Bonchev–Trinajstić information content (AvgIpc) is 3.18. The second-order valence-corrected chi connectivity index (χ2v) is 15.7. The normalized spacial score (nSPS) is 14.8. The van der Waals surface area contributed by atoms with E-state index in [1.54, 1.807) is 58.0 Å². The minimum absolute atomic E-state index is 0.00521. The van der Waals surface area contributed by atoms with Gasteiger partial charge in [-0.3, -0.25) is 47.9 Å². The Labute approximate surface area is 364 Å². The van der Waals surface area contributed by atoms with Crippen LogP contribution >= 0.6 is 0 Å².